The smallest absolute Gasteiger partial charge is 0.150 e. The van der Waals surface area contributed by atoms with E-state index in [-0.39, 0.29) is 6.10 Å². The van der Waals surface area contributed by atoms with E-state index in [9.17, 15) is 0 Å². The Morgan fingerprint density at radius 2 is 2.00 bits per heavy atom. The molecule has 0 bridgehead atoms. The van der Waals surface area contributed by atoms with Crippen molar-refractivity contribution in [1.82, 2.24) is 14.5 Å². The fourth-order valence-corrected chi connectivity index (χ4v) is 4.06. The fourth-order valence-electron chi connectivity index (χ4n) is 3.87. The van der Waals surface area contributed by atoms with Crippen molar-refractivity contribution >= 4 is 28.5 Å². The second-order valence-corrected chi connectivity index (χ2v) is 7.63. The Labute approximate surface area is 174 Å². The molecule has 2 aromatic heterocycles. The summed E-state index contributed by atoms with van der Waals surface area (Å²) in [6, 6.07) is 18.1. The molecule has 2 aromatic carbocycles. The largest absolute Gasteiger partial charge is 0.376 e. The summed E-state index contributed by atoms with van der Waals surface area (Å²) in [5.74, 6) is 0.824. The van der Waals surface area contributed by atoms with Gasteiger partial charge in [0.1, 0.15) is 12.1 Å². The predicted molar refractivity (Wildman–Crippen MR) is 117 cm³/mol. The molecule has 0 radical (unpaired) electrons. The van der Waals surface area contributed by atoms with Crippen LogP contribution < -0.4 is 5.32 Å². The second kappa shape index (κ2) is 7.85. The molecular formula is C23H21ClN4O. The molecule has 1 atom stereocenters. The standard InChI is InChI=1S/C23H21ClN4O/c24-17-8-4-9-18(12-17)28-14-20(16-6-2-1-3-7-16)21-22(26-15-27-23(21)28)25-13-19-10-5-11-29-19/h1-4,6-9,12,14-15,19H,5,10-11,13H2,(H,25,26,27)/t19-/m0/s1. The topological polar surface area (TPSA) is 52.0 Å². The highest BCUT2D eigenvalue weighted by molar-refractivity contribution is 6.30. The summed E-state index contributed by atoms with van der Waals surface area (Å²) in [5, 5.41) is 5.19. The van der Waals surface area contributed by atoms with Crippen molar-refractivity contribution in [3.8, 4) is 16.8 Å². The lowest BCUT2D eigenvalue weighted by Crippen LogP contribution is -2.19. The van der Waals surface area contributed by atoms with Crippen molar-refractivity contribution in [1.29, 1.82) is 0 Å². The van der Waals surface area contributed by atoms with Crippen molar-refractivity contribution < 1.29 is 4.74 Å². The lowest BCUT2D eigenvalue weighted by molar-refractivity contribution is 0.120. The van der Waals surface area contributed by atoms with Crippen molar-refractivity contribution in [3.05, 3.63) is 72.1 Å². The van der Waals surface area contributed by atoms with Gasteiger partial charge < -0.3 is 14.6 Å². The summed E-state index contributed by atoms with van der Waals surface area (Å²) >= 11 is 6.25. The van der Waals surface area contributed by atoms with Crippen LogP contribution in [0.25, 0.3) is 27.8 Å². The van der Waals surface area contributed by atoms with Gasteiger partial charge >= 0.3 is 0 Å². The Morgan fingerprint density at radius 3 is 2.79 bits per heavy atom. The molecule has 0 amide bonds. The Kier molecular flexibility index (Phi) is 4.92. The Morgan fingerprint density at radius 1 is 1.10 bits per heavy atom. The Balaban J connectivity index is 1.66. The quantitative estimate of drug-likeness (QED) is 0.488. The molecule has 5 nitrogen and oxygen atoms in total. The SMILES string of the molecule is Clc1cccc(-n2cc(-c3ccccc3)c3c(NC[C@@H]4CCCO4)ncnc32)c1. The number of aromatic nitrogens is 3. The summed E-state index contributed by atoms with van der Waals surface area (Å²) < 4.78 is 7.84. The van der Waals surface area contributed by atoms with E-state index in [1.54, 1.807) is 6.33 Å². The normalized spacial score (nSPS) is 16.4. The zero-order valence-electron chi connectivity index (χ0n) is 15.9. The number of hydrogen-bond donors (Lipinski definition) is 1. The minimum absolute atomic E-state index is 0.232. The third-order valence-electron chi connectivity index (χ3n) is 5.28. The van der Waals surface area contributed by atoms with Crippen LogP contribution in [-0.4, -0.2) is 33.8 Å². The van der Waals surface area contributed by atoms with Crippen LogP contribution in [0.3, 0.4) is 0 Å². The van der Waals surface area contributed by atoms with Gasteiger partial charge in [-0.25, -0.2) is 9.97 Å². The molecule has 4 aromatic rings. The molecule has 0 unspecified atom stereocenters. The molecule has 6 heteroatoms. The summed E-state index contributed by atoms with van der Waals surface area (Å²) in [6.45, 7) is 1.58. The number of nitrogens with zero attached hydrogens (tertiary/aromatic N) is 3. The molecule has 0 saturated carbocycles. The maximum Gasteiger partial charge on any atom is 0.150 e. The van der Waals surface area contributed by atoms with E-state index in [0.29, 0.717) is 5.02 Å². The van der Waals surface area contributed by atoms with Crippen molar-refractivity contribution in [3.63, 3.8) is 0 Å². The molecule has 1 saturated heterocycles. The van der Waals surface area contributed by atoms with Crippen LogP contribution in [0.4, 0.5) is 5.82 Å². The number of hydrogen-bond acceptors (Lipinski definition) is 4. The third kappa shape index (κ3) is 3.59. The predicted octanol–water partition coefficient (Wildman–Crippen LogP) is 5.33. The van der Waals surface area contributed by atoms with Crippen LogP contribution in [0.1, 0.15) is 12.8 Å². The number of halogens is 1. The van der Waals surface area contributed by atoms with Crippen molar-refractivity contribution in [2.24, 2.45) is 0 Å². The summed E-state index contributed by atoms with van der Waals surface area (Å²) in [5.41, 5.74) is 4.01. The summed E-state index contributed by atoms with van der Waals surface area (Å²) in [6.07, 6.45) is 6.14. The first kappa shape index (κ1) is 18.2. The fraction of sp³-hybridized carbons (Fsp3) is 0.217. The van der Waals surface area contributed by atoms with Gasteiger partial charge in [-0.1, -0.05) is 48.0 Å². The van der Waals surface area contributed by atoms with Crippen LogP contribution in [-0.2, 0) is 4.74 Å². The van der Waals surface area contributed by atoms with Crippen LogP contribution in [0.2, 0.25) is 5.02 Å². The van der Waals surface area contributed by atoms with Crippen molar-refractivity contribution in [2.75, 3.05) is 18.5 Å². The molecule has 1 N–H and O–H groups in total. The van der Waals surface area contributed by atoms with Crippen LogP contribution in [0.15, 0.2) is 67.1 Å². The van der Waals surface area contributed by atoms with E-state index < -0.39 is 0 Å². The van der Waals surface area contributed by atoms with Gasteiger partial charge in [0.25, 0.3) is 0 Å². The van der Waals surface area contributed by atoms with E-state index in [1.165, 1.54) is 0 Å². The molecule has 1 aliphatic heterocycles. The minimum Gasteiger partial charge on any atom is -0.376 e. The zero-order valence-corrected chi connectivity index (χ0v) is 16.6. The van der Waals surface area contributed by atoms with Gasteiger partial charge in [-0.2, -0.15) is 0 Å². The highest BCUT2D eigenvalue weighted by Gasteiger charge is 2.20. The first-order chi connectivity index (χ1) is 14.3. The van der Waals surface area contributed by atoms with Gasteiger partial charge in [-0.3, -0.25) is 0 Å². The molecule has 1 fully saturated rings. The number of fused-ring (bicyclic) bond motifs is 1. The molecule has 0 aliphatic carbocycles. The maximum atomic E-state index is 6.25. The zero-order chi connectivity index (χ0) is 19.6. The van der Waals surface area contributed by atoms with E-state index in [1.807, 2.05) is 42.5 Å². The molecule has 146 valence electrons. The monoisotopic (exact) mass is 404 g/mol. The maximum absolute atomic E-state index is 6.25. The lowest BCUT2D eigenvalue weighted by Gasteiger charge is -2.12. The molecule has 29 heavy (non-hydrogen) atoms. The minimum atomic E-state index is 0.232. The van der Waals surface area contributed by atoms with Crippen LogP contribution in [0.5, 0.6) is 0 Å². The second-order valence-electron chi connectivity index (χ2n) is 7.20. The van der Waals surface area contributed by atoms with Gasteiger partial charge in [0, 0.05) is 35.6 Å². The average molecular weight is 405 g/mol. The lowest BCUT2D eigenvalue weighted by atomic mass is 10.1. The van der Waals surface area contributed by atoms with E-state index in [2.05, 4.69) is 38.2 Å². The van der Waals surface area contributed by atoms with Gasteiger partial charge in [-0.05, 0) is 36.6 Å². The number of benzene rings is 2. The highest BCUT2D eigenvalue weighted by Crippen LogP contribution is 2.35. The van der Waals surface area contributed by atoms with Crippen LogP contribution >= 0.6 is 11.6 Å². The first-order valence-electron chi connectivity index (χ1n) is 9.82. The van der Waals surface area contributed by atoms with Gasteiger partial charge in [-0.15, -0.1) is 0 Å². The van der Waals surface area contributed by atoms with Gasteiger partial charge in [0.15, 0.2) is 5.65 Å². The Hall–Kier alpha value is -2.89. The number of nitrogens with one attached hydrogen (secondary N) is 1. The van der Waals surface area contributed by atoms with Gasteiger partial charge in [0.05, 0.1) is 11.5 Å². The first-order valence-corrected chi connectivity index (χ1v) is 10.2. The molecule has 0 spiro atoms. The number of rotatable bonds is 5. The Bertz CT molecular complexity index is 1140. The molecule has 5 rings (SSSR count). The van der Waals surface area contributed by atoms with E-state index in [0.717, 1.165) is 59.7 Å². The average Bonchev–Trinajstić information content (AvgIpc) is 3.41. The van der Waals surface area contributed by atoms with Gasteiger partial charge in [0.2, 0.25) is 0 Å². The molecular weight excluding hydrogens is 384 g/mol. The van der Waals surface area contributed by atoms with Crippen molar-refractivity contribution in [2.45, 2.75) is 18.9 Å². The third-order valence-corrected chi connectivity index (χ3v) is 5.51. The summed E-state index contributed by atoms with van der Waals surface area (Å²) in [4.78, 5) is 9.17. The molecule has 1 aliphatic rings. The van der Waals surface area contributed by atoms with E-state index in [4.69, 9.17) is 16.3 Å². The van der Waals surface area contributed by atoms with Crippen LogP contribution in [0, 0.1) is 0 Å². The number of anilines is 1. The highest BCUT2D eigenvalue weighted by atomic mass is 35.5. The number of ether oxygens (including phenoxy) is 1. The molecule has 3 heterocycles. The summed E-state index contributed by atoms with van der Waals surface area (Å²) in [7, 11) is 0. The van der Waals surface area contributed by atoms with E-state index >= 15 is 0 Å².